The molecule has 0 aromatic heterocycles. The Bertz CT molecular complexity index is 1190. The van der Waals surface area contributed by atoms with E-state index in [0.717, 1.165) is 12.8 Å². The maximum absolute atomic E-state index is 3.76. The van der Waals surface area contributed by atoms with Gasteiger partial charge in [-0.1, -0.05) is 107 Å². The van der Waals surface area contributed by atoms with Crippen LogP contribution in [-0.4, -0.2) is 0 Å². The van der Waals surface area contributed by atoms with E-state index in [4.69, 9.17) is 0 Å². The average molecular weight is 430 g/mol. The lowest BCUT2D eigenvalue weighted by molar-refractivity contribution is 0.734. The molecule has 1 aliphatic rings. The van der Waals surface area contributed by atoms with Crippen LogP contribution in [0.4, 0.5) is 0 Å². The van der Waals surface area contributed by atoms with Gasteiger partial charge >= 0.3 is 0 Å². The van der Waals surface area contributed by atoms with Crippen molar-refractivity contribution in [2.24, 2.45) is 0 Å². The molecule has 0 amide bonds. The Kier molecular flexibility index (Phi) is 5.94. The quantitative estimate of drug-likeness (QED) is 0.252. The summed E-state index contributed by atoms with van der Waals surface area (Å²) in [5.74, 6) is 1.18. The Hall–Kier alpha value is -3.12. The third-order valence-corrected chi connectivity index (χ3v) is 7.57. The van der Waals surface area contributed by atoms with Crippen LogP contribution in [0.25, 0.3) is 33.4 Å². The van der Waals surface area contributed by atoms with E-state index in [0.29, 0.717) is 11.8 Å². The first kappa shape index (κ1) is 21.7. The van der Waals surface area contributed by atoms with Crippen molar-refractivity contribution in [2.75, 3.05) is 0 Å². The van der Waals surface area contributed by atoms with E-state index < -0.39 is 0 Å². The van der Waals surface area contributed by atoms with Crippen LogP contribution in [0, 0.1) is 6.07 Å². The van der Waals surface area contributed by atoms with Gasteiger partial charge < -0.3 is 0 Å². The van der Waals surface area contributed by atoms with E-state index in [9.17, 15) is 0 Å². The van der Waals surface area contributed by atoms with Gasteiger partial charge in [0.15, 0.2) is 0 Å². The molecule has 1 radical (unpaired) electrons. The largest absolute Gasteiger partial charge is 0.0648 e. The van der Waals surface area contributed by atoms with Gasteiger partial charge in [-0.15, -0.1) is 0 Å². The third kappa shape index (κ3) is 4.15. The fraction of sp³-hybridized carbons (Fsp3) is 0.273. The molecule has 2 atom stereocenters. The number of rotatable bonds is 6. The van der Waals surface area contributed by atoms with E-state index in [1.165, 1.54) is 62.1 Å². The fourth-order valence-corrected chi connectivity index (χ4v) is 4.98. The Morgan fingerprint density at radius 2 is 1.27 bits per heavy atom. The molecule has 0 heterocycles. The molecule has 165 valence electrons. The Labute approximate surface area is 199 Å². The molecule has 0 aliphatic heterocycles. The highest BCUT2D eigenvalue weighted by Gasteiger charge is 2.20. The van der Waals surface area contributed by atoms with Crippen LogP contribution in [0.15, 0.2) is 78.9 Å². The lowest BCUT2D eigenvalue weighted by atomic mass is 9.93. The second-order valence-corrected chi connectivity index (χ2v) is 9.68. The lowest BCUT2D eigenvalue weighted by Gasteiger charge is -2.12. The summed E-state index contributed by atoms with van der Waals surface area (Å²) in [5.41, 5.74) is 13.4. The molecule has 0 bridgehead atoms. The van der Waals surface area contributed by atoms with Crippen LogP contribution in [-0.2, 0) is 6.42 Å². The molecule has 2 unspecified atom stereocenters. The summed E-state index contributed by atoms with van der Waals surface area (Å²) in [7, 11) is 0. The summed E-state index contributed by atoms with van der Waals surface area (Å²) in [6.45, 7) is 9.13. The van der Waals surface area contributed by atoms with Crippen LogP contribution in [0.3, 0.4) is 0 Å². The van der Waals surface area contributed by atoms with Crippen LogP contribution in [0.1, 0.15) is 74.6 Å². The summed E-state index contributed by atoms with van der Waals surface area (Å²) in [5, 5.41) is 0. The first-order valence-electron chi connectivity index (χ1n) is 12.5. The van der Waals surface area contributed by atoms with Gasteiger partial charge in [0, 0.05) is 0 Å². The van der Waals surface area contributed by atoms with Crippen molar-refractivity contribution < 1.29 is 0 Å². The number of fused-ring (bicyclic) bond motifs is 3. The Balaban J connectivity index is 1.46. The van der Waals surface area contributed by atoms with Gasteiger partial charge in [-0.3, -0.25) is 0 Å². The fourth-order valence-electron chi connectivity index (χ4n) is 4.98. The van der Waals surface area contributed by atoms with Crippen molar-refractivity contribution in [3.63, 3.8) is 0 Å². The highest BCUT2D eigenvalue weighted by molar-refractivity contribution is 5.82. The van der Waals surface area contributed by atoms with E-state index in [2.05, 4.69) is 113 Å². The second kappa shape index (κ2) is 9.02. The third-order valence-electron chi connectivity index (χ3n) is 7.57. The van der Waals surface area contributed by atoms with Gasteiger partial charge in [0.05, 0.1) is 0 Å². The molecule has 0 saturated heterocycles. The van der Waals surface area contributed by atoms with Crippen molar-refractivity contribution in [3.05, 3.63) is 107 Å². The van der Waals surface area contributed by atoms with E-state index in [1.54, 1.807) is 0 Å². The van der Waals surface area contributed by atoms with E-state index in [1.807, 2.05) is 0 Å². The van der Waals surface area contributed by atoms with Crippen molar-refractivity contribution >= 4 is 0 Å². The zero-order chi connectivity index (χ0) is 22.9. The zero-order valence-corrected chi connectivity index (χ0v) is 20.3. The van der Waals surface area contributed by atoms with Crippen LogP contribution < -0.4 is 0 Å². The molecule has 0 heteroatoms. The van der Waals surface area contributed by atoms with Gasteiger partial charge in [-0.05, 0) is 92.8 Å². The van der Waals surface area contributed by atoms with Gasteiger partial charge in [0.1, 0.15) is 0 Å². The zero-order valence-electron chi connectivity index (χ0n) is 20.3. The predicted molar refractivity (Wildman–Crippen MR) is 142 cm³/mol. The van der Waals surface area contributed by atoms with E-state index >= 15 is 0 Å². The van der Waals surface area contributed by atoms with Crippen LogP contribution in [0.2, 0.25) is 0 Å². The molecule has 33 heavy (non-hydrogen) atoms. The first-order valence-corrected chi connectivity index (χ1v) is 12.5. The van der Waals surface area contributed by atoms with Crippen molar-refractivity contribution in [2.45, 2.75) is 58.8 Å². The van der Waals surface area contributed by atoms with Gasteiger partial charge in [-0.25, -0.2) is 0 Å². The van der Waals surface area contributed by atoms with Crippen molar-refractivity contribution in [1.82, 2.24) is 0 Å². The smallest absolute Gasteiger partial charge is 0.000684 e. The Morgan fingerprint density at radius 1 is 0.667 bits per heavy atom. The van der Waals surface area contributed by atoms with E-state index in [-0.39, 0.29) is 0 Å². The molecular formula is C33H33. The van der Waals surface area contributed by atoms with Gasteiger partial charge in [0.2, 0.25) is 0 Å². The van der Waals surface area contributed by atoms with Crippen LogP contribution >= 0.6 is 0 Å². The molecule has 0 saturated carbocycles. The molecule has 4 aromatic carbocycles. The molecular weight excluding hydrogens is 396 g/mol. The Morgan fingerprint density at radius 3 is 1.97 bits per heavy atom. The molecule has 0 spiro atoms. The summed E-state index contributed by atoms with van der Waals surface area (Å²) in [4.78, 5) is 0. The monoisotopic (exact) mass is 429 g/mol. The molecule has 1 aliphatic carbocycles. The SMILES string of the molecule is CCC(C)c1cccc(-c2[c]c3c(cc2)-c2ccc(-c4cccc(C(C)CC)c4)cc2C3)c1. The van der Waals surface area contributed by atoms with Gasteiger partial charge in [-0.2, -0.15) is 0 Å². The summed E-state index contributed by atoms with van der Waals surface area (Å²) >= 11 is 0. The minimum absolute atomic E-state index is 0.584. The number of benzene rings is 4. The average Bonchev–Trinajstić information content (AvgIpc) is 3.24. The predicted octanol–water partition coefficient (Wildman–Crippen LogP) is 9.42. The molecule has 4 aromatic rings. The minimum Gasteiger partial charge on any atom is -0.0648 e. The standard InChI is InChI=1S/C33H33/c1-5-22(3)24-9-7-11-26(17-24)28-13-15-32-30(19-28)21-31-20-29(14-16-33(31)32)27-12-8-10-25(18-27)23(4)6-2/h7-19,22-23H,5-6,21H2,1-4H3. The molecule has 0 nitrogen and oxygen atoms in total. The minimum atomic E-state index is 0.584. The van der Waals surface area contributed by atoms with Gasteiger partial charge in [0.25, 0.3) is 0 Å². The second-order valence-electron chi connectivity index (χ2n) is 9.68. The first-order chi connectivity index (χ1) is 16.1. The lowest BCUT2D eigenvalue weighted by Crippen LogP contribution is -1.92. The highest BCUT2D eigenvalue weighted by atomic mass is 14.2. The summed E-state index contributed by atoms with van der Waals surface area (Å²) in [6.07, 6.45) is 3.29. The number of hydrogen-bond acceptors (Lipinski definition) is 0. The maximum atomic E-state index is 3.76. The molecule has 5 rings (SSSR count). The number of hydrogen-bond donors (Lipinski definition) is 0. The normalized spacial score (nSPS) is 13.9. The molecule has 0 N–H and O–H groups in total. The summed E-state index contributed by atoms with van der Waals surface area (Å²) < 4.78 is 0. The molecule has 0 fully saturated rings. The maximum Gasteiger partial charge on any atom is -0.000684 e. The summed E-state index contributed by atoms with van der Waals surface area (Å²) in [6, 6.07) is 33.4. The van der Waals surface area contributed by atoms with Crippen molar-refractivity contribution in [1.29, 1.82) is 0 Å². The topological polar surface area (TPSA) is 0 Å². The highest BCUT2D eigenvalue weighted by Crippen LogP contribution is 2.40. The van der Waals surface area contributed by atoms with Crippen LogP contribution in [0.5, 0.6) is 0 Å². The van der Waals surface area contributed by atoms with Crippen molar-refractivity contribution in [3.8, 4) is 33.4 Å².